The maximum absolute atomic E-state index is 10.5. The molecule has 2 aliphatic carbocycles. The summed E-state index contributed by atoms with van der Waals surface area (Å²) in [6.07, 6.45) is 0. The Bertz CT molecular complexity index is 3270. The van der Waals surface area contributed by atoms with Crippen molar-refractivity contribution in [3.05, 3.63) is 222 Å². The van der Waals surface area contributed by atoms with Crippen molar-refractivity contribution < 1.29 is 20.6 Å². The van der Waals surface area contributed by atoms with Crippen LogP contribution >= 0.6 is 0 Å². The molecule has 2 aliphatic rings. The lowest BCUT2D eigenvalue weighted by Crippen LogP contribution is -2.26. The lowest BCUT2D eigenvalue weighted by Gasteiger charge is -2.32. The van der Waals surface area contributed by atoms with Crippen LogP contribution in [0.3, 0.4) is 0 Å². The summed E-state index contributed by atoms with van der Waals surface area (Å²) in [7, 11) is 0. The summed E-state index contributed by atoms with van der Waals surface area (Å²) in [6.45, 7) is 0. The molecule has 50 heavy (non-hydrogen) atoms. The van der Waals surface area contributed by atoms with Gasteiger partial charge >= 0.3 is 0 Å². The van der Waals surface area contributed by atoms with E-state index in [1.54, 1.807) is 29.2 Å². The summed E-state index contributed by atoms with van der Waals surface area (Å²) < 4.78 is 140. The Balaban J connectivity index is 1.43. The summed E-state index contributed by atoms with van der Waals surface area (Å²) in [5.41, 5.74) is -1.10. The lowest BCUT2D eigenvalue weighted by molar-refractivity contribution is 0.793. The van der Waals surface area contributed by atoms with E-state index in [9.17, 15) is 12.3 Å². The largest absolute Gasteiger partial charge is 0.310 e. The molecule has 0 aromatic heterocycles. The van der Waals surface area contributed by atoms with Gasteiger partial charge in [0.15, 0.2) is 0 Å². The third-order valence-corrected chi connectivity index (χ3v) is 9.55. The topological polar surface area (TPSA) is 3.24 Å². The summed E-state index contributed by atoms with van der Waals surface area (Å²) in [4.78, 5) is 1.64. The van der Waals surface area contributed by atoms with Crippen LogP contribution in [0.25, 0.3) is 44.5 Å². The smallest absolute Gasteiger partial charge is 0.0726 e. The molecule has 8 aromatic carbocycles. The molecule has 1 spiro atoms. The number of hydrogen-bond donors (Lipinski definition) is 0. The Kier molecular flexibility index (Phi) is 3.92. The maximum atomic E-state index is 10.5. The van der Waals surface area contributed by atoms with Crippen molar-refractivity contribution in [2.75, 3.05) is 4.90 Å². The molecule has 0 aliphatic heterocycles. The fourth-order valence-corrected chi connectivity index (χ4v) is 7.42. The van der Waals surface area contributed by atoms with Crippen LogP contribution in [0, 0.1) is 0 Å². The number of para-hydroxylation sites is 1. The molecule has 234 valence electrons. The first-order valence-corrected chi connectivity index (χ1v) is 16.1. The maximum Gasteiger partial charge on any atom is 0.0726 e. The Morgan fingerprint density at radius 1 is 0.360 bits per heavy atom. The van der Waals surface area contributed by atoms with Crippen molar-refractivity contribution >= 4 is 17.1 Å². The first kappa shape index (κ1) is 17.3. The Morgan fingerprint density at radius 3 is 1.44 bits per heavy atom. The molecule has 0 unspecified atom stereocenters. The van der Waals surface area contributed by atoms with E-state index >= 15 is 0 Å². The van der Waals surface area contributed by atoms with Crippen LogP contribution < -0.4 is 4.90 Å². The zero-order valence-corrected chi connectivity index (χ0v) is 26.3. The quantitative estimate of drug-likeness (QED) is 0.179. The predicted molar refractivity (Wildman–Crippen MR) is 208 cm³/mol. The van der Waals surface area contributed by atoms with E-state index in [2.05, 4.69) is 0 Å². The average molecular weight is 651 g/mol. The molecule has 0 atom stereocenters. The molecule has 0 heterocycles. The van der Waals surface area contributed by atoms with Crippen molar-refractivity contribution in [3.8, 4) is 44.5 Å². The highest BCUT2D eigenvalue weighted by molar-refractivity contribution is 5.97. The van der Waals surface area contributed by atoms with Gasteiger partial charge in [0.05, 0.1) is 31.7 Å². The molecule has 10 rings (SSSR count). The highest BCUT2D eigenvalue weighted by Gasteiger charge is 2.51. The number of fused-ring (bicyclic) bond motifs is 10. The second-order valence-corrected chi connectivity index (χ2v) is 12.1. The molecule has 0 N–H and O–H groups in total. The number of nitrogens with zero attached hydrogens (tertiary/aromatic N) is 1. The molecule has 1 heteroatoms. The molecule has 1 nitrogen and oxygen atoms in total. The van der Waals surface area contributed by atoms with Gasteiger partial charge in [-0.1, -0.05) is 170 Å². The molecular formula is C49H33N. The Hall–Kier alpha value is -6.44. The van der Waals surface area contributed by atoms with E-state index in [1.807, 2.05) is 84.9 Å². The van der Waals surface area contributed by atoms with E-state index in [4.69, 9.17) is 8.22 Å². The summed E-state index contributed by atoms with van der Waals surface area (Å²) in [6, 6.07) is 23.6. The second kappa shape index (κ2) is 11.3. The van der Waals surface area contributed by atoms with E-state index in [-0.39, 0.29) is 50.2 Å². The van der Waals surface area contributed by atoms with Crippen LogP contribution in [0.4, 0.5) is 17.1 Å². The molecule has 0 radical (unpaired) electrons. The van der Waals surface area contributed by atoms with E-state index in [0.717, 1.165) is 16.7 Å². The first-order valence-electron chi connectivity index (χ1n) is 23.6. The number of hydrogen-bond acceptors (Lipinski definition) is 1. The van der Waals surface area contributed by atoms with Gasteiger partial charge in [-0.2, -0.15) is 0 Å². The van der Waals surface area contributed by atoms with Crippen LogP contribution in [-0.4, -0.2) is 0 Å². The summed E-state index contributed by atoms with van der Waals surface area (Å²) in [5, 5.41) is 0. The van der Waals surface area contributed by atoms with Gasteiger partial charge in [0.25, 0.3) is 0 Å². The molecule has 0 saturated heterocycles. The van der Waals surface area contributed by atoms with Crippen molar-refractivity contribution in [1.29, 1.82) is 0 Å². The normalized spacial score (nSPS) is 17.2. The average Bonchev–Trinajstić information content (AvgIpc) is 3.82. The predicted octanol–water partition coefficient (Wildman–Crippen LogP) is 12.8. The van der Waals surface area contributed by atoms with Crippen LogP contribution in [0.5, 0.6) is 0 Å². The van der Waals surface area contributed by atoms with E-state index < -0.39 is 96.1 Å². The highest BCUT2D eigenvalue weighted by atomic mass is 15.1. The van der Waals surface area contributed by atoms with Gasteiger partial charge < -0.3 is 4.90 Å². The Labute approximate surface area is 314 Å². The second-order valence-electron chi connectivity index (χ2n) is 12.1. The van der Waals surface area contributed by atoms with Gasteiger partial charge in [0.2, 0.25) is 0 Å². The zero-order chi connectivity index (χ0) is 46.1. The molecule has 0 fully saturated rings. The van der Waals surface area contributed by atoms with Crippen molar-refractivity contribution in [3.63, 3.8) is 0 Å². The molecule has 0 bridgehead atoms. The summed E-state index contributed by atoms with van der Waals surface area (Å²) >= 11 is 0. The number of benzene rings is 8. The van der Waals surface area contributed by atoms with E-state index in [1.165, 1.54) is 0 Å². The van der Waals surface area contributed by atoms with Crippen molar-refractivity contribution in [2.45, 2.75) is 5.41 Å². The zero-order valence-electron chi connectivity index (χ0n) is 41.3. The van der Waals surface area contributed by atoms with Gasteiger partial charge in [-0.3, -0.25) is 0 Å². The standard InChI is InChI=1S/C49H33N/c1-3-15-34(16-4-1)35-27-29-37(30-28-35)50(48-26-14-10-19-39(48)36-17-5-2-6-18-36)38-31-32-43-42-22-9-13-25-46(42)49(47(43)33-38)44-23-11-7-20-40(44)41-21-8-12-24-45(41)49/h1-33H/i7D,8D,9D,11D,12D,13D,20D,21D,22D,23D,24D,25D,31D,32D,33D. The Morgan fingerprint density at radius 2 is 0.840 bits per heavy atom. The van der Waals surface area contributed by atoms with Crippen LogP contribution in [0.2, 0.25) is 0 Å². The minimum Gasteiger partial charge on any atom is -0.310 e. The van der Waals surface area contributed by atoms with Gasteiger partial charge in [-0.05, 0) is 91.5 Å². The molecular weight excluding hydrogens is 603 g/mol. The monoisotopic (exact) mass is 650 g/mol. The molecule has 0 saturated carbocycles. The van der Waals surface area contributed by atoms with Gasteiger partial charge in [0, 0.05) is 16.9 Å². The van der Waals surface area contributed by atoms with Gasteiger partial charge in [-0.15, -0.1) is 0 Å². The third kappa shape index (κ3) is 4.14. The number of anilines is 3. The van der Waals surface area contributed by atoms with Crippen LogP contribution in [-0.2, 0) is 5.41 Å². The molecule has 8 aromatic rings. The minimum atomic E-state index is -2.46. The lowest BCUT2D eigenvalue weighted by atomic mass is 9.70. The van der Waals surface area contributed by atoms with Crippen molar-refractivity contribution in [2.24, 2.45) is 0 Å². The molecule has 0 amide bonds. The van der Waals surface area contributed by atoms with E-state index in [0.29, 0.717) is 16.9 Å². The van der Waals surface area contributed by atoms with Crippen LogP contribution in [0.1, 0.15) is 42.8 Å². The summed E-state index contributed by atoms with van der Waals surface area (Å²) in [5.74, 6) is 0. The van der Waals surface area contributed by atoms with Crippen molar-refractivity contribution in [1.82, 2.24) is 0 Å². The first-order chi connectivity index (χ1) is 31.1. The highest BCUT2D eigenvalue weighted by Crippen LogP contribution is 2.63. The van der Waals surface area contributed by atoms with Gasteiger partial charge in [0.1, 0.15) is 0 Å². The fraction of sp³-hybridized carbons (Fsp3) is 0.0204. The third-order valence-electron chi connectivity index (χ3n) is 9.55. The number of rotatable bonds is 5. The minimum absolute atomic E-state index is 0.191. The SMILES string of the molecule is [2H]c1c([2H])c([2H])c2c(c1[2H])-c1c([2H])c([2H])c([2H])c([2H])c1C21c2c([2H])c([2H])c([2H])c([2H])c2-c2c([2H])c([2H])c(N(c3ccc(-c4ccccc4)cc3)c3ccccc3-c3ccccc3)c([2H])c21. The fourth-order valence-electron chi connectivity index (χ4n) is 7.42. The van der Waals surface area contributed by atoms with Crippen LogP contribution in [0.15, 0.2) is 200 Å². The van der Waals surface area contributed by atoms with Gasteiger partial charge in [-0.25, -0.2) is 0 Å².